The zero-order valence-electron chi connectivity index (χ0n) is 13.3. The van der Waals surface area contributed by atoms with Gasteiger partial charge in [0.15, 0.2) is 0 Å². The van der Waals surface area contributed by atoms with E-state index in [-0.39, 0.29) is 16.7 Å². The lowest BCUT2D eigenvalue weighted by Gasteiger charge is -2.25. The van der Waals surface area contributed by atoms with Crippen molar-refractivity contribution < 1.29 is 18.3 Å². The molecule has 0 saturated heterocycles. The number of benzene rings is 1. The molecule has 0 unspecified atom stereocenters. The average molecular weight is 301 g/mol. The van der Waals surface area contributed by atoms with E-state index in [9.17, 15) is 8.78 Å². The standard InChI is InChI=1S/C16H25F2NO2/c1-16(2,11-19-7-8-20-3)6-5-13-14(17)9-12(21-4)10-15(13)18/h9-10,19H,5-8,11H2,1-4H3. The molecule has 0 amide bonds. The molecular weight excluding hydrogens is 276 g/mol. The van der Waals surface area contributed by atoms with Gasteiger partial charge in [0.1, 0.15) is 17.4 Å². The minimum absolute atomic E-state index is 0.0491. The first-order valence-electron chi connectivity index (χ1n) is 7.11. The molecule has 1 aromatic carbocycles. The molecule has 21 heavy (non-hydrogen) atoms. The molecule has 5 heteroatoms. The smallest absolute Gasteiger partial charge is 0.133 e. The van der Waals surface area contributed by atoms with Gasteiger partial charge in [-0.1, -0.05) is 13.8 Å². The van der Waals surface area contributed by atoms with Crippen LogP contribution in [0, 0.1) is 17.0 Å². The van der Waals surface area contributed by atoms with Crippen LogP contribution in [-0.2, 0) is 11.2 Å². The first kappa shape index (κ1) is 17.9. The maximum absolute atomic E-state index is 13.9. The Kier molecular flexibility index (Phi) is 7.05. The summed E-state index contributed by atoms with van der Waals surface area (Å²) in [6, 6.07) is 2.45. The summed E-state index contributed by atoms with van der Waals surface area (Å²) in [6.07, 6.45) is 1.05. The number of nitrogens with one attached hydrogen (secondary N) is 1. The van der Waals surface area contributed by atoms with Crippen molar-refractivity contribution in [3.63, 3.8) is 0 Å². The highest BCUT2D eigenvalue weighted by Gasteiger charge is 2.20. The minimum Gasteiger partial charge on any atom is -0.497 e. The maximum Gasteiger partial charge on any atom is 0.133 e. The van der Waals surface area contributed by atoms with E-state index in [0.29, 0.717) is 19.4 Å². The summed E-state index contributed by atoms with van der Waals surface area (Å²) in [7, 11) is 3.05. The van der Waals surface area contributed by atoms with E-state index in [2.05, 4.69) is 19.2 Å². The van der Waals surface area contributed by atoms with Crippen molar-refractivity contribution in [2.24, 2.45) is 5.41 Å². The molecule has 0 bridgehead atoms. The molecule has 0 aromatic heterocycles. The van der Waals surface area contributed by atoms with Gasteiger partial charge < -0.3 is 14.8 Å². The van der Waals surface area contributed by atoms with Crippen LogP contribution < -0.4 is 10.1 Å². The lowest BCUT2D eigenvalue weighted by atomic mass is 9.86. The Morgan fingerprint density at radius 2 is 1.76 bits per heavy atom. The van der Waals surface area contributed by atoms with E-state index in [4.69, 9.17) is 9.47 Å². The van der Waals surface area contributed by atoms with Gasteiger partial charge in [0, 0.05) is 37.9 Å². The van der Waals surface area contributed by atoms with Crippen molar-refractivity contribution in [2.75, 3.05) is 33.9 Å². The van der Waals surface area contributed by atoms with E-state index in [1.807, 2.05) is 0 Å². The summed E-state index contributed by atoms with van der Waals surface area (Å²) in [6.45, 7) is 6.34. The van der Waals surface area contributed by atoms with Crippen LogP contribution in [0.5, 0.6) is 5.75 Å². The van der Waals surface area contributed by atoms with E-state index < -0.39 is 11.6 Å². The van der Waals surface area contributed by atoms with Crippen LogP contribution in [0.25, 0.3) is 0 Å². The second kappa shape index (κ2) is 8.29. The van der Waals surface area contributed by atoms with E-state index in [1.165, 1.54) is 19.2 Å². The topological polar surface area (TPSA) is 30.5 Å². The van der Waals surface area contributed by atoms with Crippen molar-refractivity contribution in [3.05, 3.63) is 29.3 Å². The summed E-state index contributed by atoms with van der Waals surface area (Å²) in [5.74, 6) is -0.890. The van der Waals surface area contributed by atoms with Crippen molar-refractivity contribution in [1.29, 1.82) is 0 Å². The fourth-order valence-electron chi connectivity index (χ4n) is 2.09. The highest BCUT2D eigenvalue weighted by atomic mass is 19.1. The Morgan fingerprint density at radius 1 is 1.14 bits per heavy atom. The third-order valence-corrected chi connectivity index (χ3v) is 3.49. The third kappa shape index (κ3) is 5.98. The van der Waals surface area contributed by atoms with Crippen LogP contribution in [0.4, 0.5) is 8.78 Å². The number of rotatable bonds is 9. The van der Waals surface area contributed by atoms with Gasteiger partial charge in [-0.05, 0) is 18.3 Å². The van der Waals surface area contributed by atoms with Crippen molar-refractivity contribution in [3.8, 4) is 5.75 Å². The first-order valence-corrected chi connectivity index (χ1v) is 7.11. The lowest BCUT2D eigenvalue weighted by molar-refractivity contribution is 0.193. The molecule has 0 heterocycles. The quantitative estimate of drug-likeness (QED) is 0.711. The van der Waals surface area contributed by atoms with E-state index in [0.717, 1.165) is 13.1 Å². The van der Waals surface area contributed by atoms with Crippen LogP contribution >= 0.6 is 0 Å². The largest absolute Gasteiger partial charge is 0.497 e. The molecule has 0 spiro atoms. The molecular formula is C16H25F2NO2. The van der Waals surface area contributed by atoms with Gasteiger partial charge >= 0.3 is 0 Å². The molecule has 1 N–H and O–H groups in total. The first-order chi connectivity index (χ1) is 9.89. The SMILES string of the molecule is COCCNCC(C)(C)CCc1c(F)cc(OC)cc1F. The van der Waals surface area contributed by atoms with Crippen molar-refractivity contribution in [1.82, 2.24) is 5.32 Å². The Balaban J connectivity index is 2.57. The molecule has 1 rings (SSSR count). The Bertz CT molecular complexity index is 427. The van der Waals surface area contributed by atoms with Crippen LogP contribution in [0.1, 0.15) is 25.8 Å². The van der Waals surface area contributed by atoms with Crippen molar-refractivity contribution >= 4 is 0 Å². The zero-order valence-corrected chi connectivity index (χ0v) is 13.3. The summed E-state index contributed by atoms with van der Waals surface area (Å²) in [4.78, 5) is 0. The predicted octanol–water partition coefficient (Wildman–Crippen LogP) is 3.17. The van der Waals surface area contributed by atoms with Gasteiger partial charge in [-0.15, -0.1) is 0 Å². The molecule has 0 saturated carbocycles. The molecule has 0 aliphatic heterocycles. The third-order valence-electron chi connectivity index (χ3n) is 3.49. The molecule has 120 valence electrons. The predicted molar refractivity (Wildman–Crippen MR) is 79.8 cm³/mol. The summed E-state index contributed by atoms with van der Waals surface area (Å²) in [5, 5.41) is 3.28. The Morgan fingerprint density at radius 3 is 2.29 bits per heavy atom. The summed E-state index contributed by atoms with van der Waals surface area (Å²) in [5.41, 5.74) is 0.0767. The highest BCUT2D eigenvalue weighted by molar-refractivity contribution is 5.30. The van der Waals surface area contributed by atoms with Gasteiger partial charge in [-0.25, -0.2) is 8.78 Å². The van der Waals surface area contributed by atoms with E-state index in [1.54, 1.807) is 7.11 Å². The minimum atomic E-state index is -0.546. The molecule has 0 aliphatic carbocycles. The Hall–Kier alpha value is -1.20. The molecule has 0 radical (unpaired) electrons. The van der Waals surface area contributed by atoms with Gasteiger partial charge in [0.2, 0.25) is 0 Å². The Labute approximate surface area is 125 Å². The lowest BCUT2D eigenvalue weighted by Crippen LogP contribution is -2.32. The number of hydrogen-bond donors (Lipinski definition) is 1. The highest BCUT2D eigenvalue weighted by Crippen LogP contribution is 2.26. The second-order valence-electron chi connectivity index (χ2n) is 5.90. The molecule has 3 nitrogen and oxygen atoms in total. The molecule has 0 aliphatic rings. The normalized spacial score (nSPS) is 11.7. The fourth-order valence-corrected chi connectivity index (χ4v) is 2.09. The molecule has 0 atom stereocenters. The zero-order chi connectivity index (χ0) is 15.9. The fraction of sp³-hybridized carbons (Fsp3) is 0.625. The van der Waals surface area contributed by atoms with Gasteiger partial charge in [-0.3, -0.25) is 0 Å². The molecule has 1 aromatic rings. The second-order valence-corrected chi connectivity index (χ2v) is 5.90. The molecule has 0 fully saturated rings. The van der Waals surface area contributed by atoms with E-state index >= 15 is 0 Å². The van der Waals surface area contributed by atoms with Crippen LogP contribution in [-0.4, -0.2) is 33.9 Å². The monoisotopic (exact) mass is 301 g/mol. The van der Waals surface area contributed by atoms with Gasteiger partial charge in [-0.2, -0.15) is 0 Å². The van der Waals surface area contributed by atoms with Crippen LogP contribution in [0.2, 0.25) is 0 Å². The van der Waals surface area contributed by atoms with Crippen molar-refractivity contribution in [2.45, 2.75) is 26.7 Å². The summed E-state index contributed by atoms with van der Waals surface area (Å²) < 4.78 is 37.6. The van der Waals surface area contributed by atoms with Crippen LogP contribution in [0.3, 0.4) is 0 Å². The number of methoxy groups -OCH3 is 2. The van der Waals surface area contributed by atoms with Gasteiger partial charge in [0.25, 0.3) is 0 Å². The maximum atomic E-state index is 13.9. The number of halogens is 2. The average Bonchev–Trinajstić information content (AvgIpc) is 2.42. The number of hydrogen-bond acceptors (Lipinski definition) is 3. The van der Waals surface area contributed by atoms with Gasteiger partial charge in [0.05, 0.1) is 13.7 Å². The number of ether oxygens (including phenoxy) is 2. The van der Waals surface area contributed by atoms with Crippen LogP contribution in [0.15, 0.2) is 12.1 Å². The summed E-state index contributed by atoms with van der Waals surface area (Å²) >= 11 is 0.